The van der Waals surface area contributed by atoms with Crippen LogP contribution in [0.5, 0.6) is 5.75 Å². The van der Waals surface area contributed by atoms with Crippen molar-refractivity contribution in [3.8, 4) is 5.75 Å². The predicted octanol–water partition coefficient (Wildman–Crippen LogP) is 6.08. The molecule has 1 N–H and O–H groups in total. The summed E-state index contributed by atoms with van der Waals surface area (Å²) in [4.78, 5) is 52.4. The highest BCUT2D eigenvalue weighted by Crippen LogP contribution is 2.66. The van der Waals surface area contributed by atoms with Crippen LogP contribution in [0.15, 0.2) is 60.2 Å². The van der Waals surface area contributed by atoms with Gasteiger partial charge in [0.25, 0.3) is 11.8 Å². The van der Waals surface area contributed by atoms with E-state index in [1.807, 2.05) is 6.92 Å². The molecule has 0 aromatic heterocycles. The minimum absolute atomic E-state index is 0.00741. The summed E-state index contributed by atoms with van der Waals surface area (Å²) in [5, 5.41) is 9.49. The zero-order valence-electron chi connectivity index (χ0n) is 26.6. The molecule has 0 bridgehead atoms. The second-order valence-corrected chi connectivity index (χ2v) is 14.1. The van der Waals surface area contributed by atoms with Crippen molar-refractivity contribution in [1.82, 2.24) is 0 Å². The smallest absolute Gasteiger partial charge is 0.258 e. The van der Waals surface area contributed by atoms with Gasteiger partial charge < -0.3 is 9.84 Å². The summed E-state index contributed by atoms with van der Waals surface area (Å²) in [5.74, 6) is -21.2. The van der Waals surface area contributed by atoms with Crippen molar-refractivity contribution in [2.45, 2.75) is 41.9 Å². The van der Waals surface area contributed by atoms with Crippen molar-refractivity contribution in [2.24, 2.45) is 17.8 Å². The molecular formula is C36H27Cl2F5N2O6. The van der Waals surface area contributed by atoms with Crippen LogP contribution in [0.25, 0.3) is 0 Å². The Hall–Kier alpha value is -4.33. The number of anilines is 2. The average Bonchev–Trinajstić information content (AvgIpc) is 3.47. The lowest BCUT2D eigenvalue weighted by Gasteiger charge is -2.50. The number of nitrogens with zero attached hydrogens (tertiary/aromatic N) is 2. The fraction of sp³-hybridized carbons (Fsp3) is 0.333. The molecular weight excluding hydrogens is 722 g/mol. The van der Waals surface area contributed by atoms with Gasteiger partial charge in [-0.05, 0) is 48.9 Å². The number of benzene rings is 3. The van der Waals surface area contributed by atoms with Crippen LogP contribution in [0.2, 0.25) is 0 Å². The number of carbonyl (C=O) groups is 4. The summed E-state index contributed by atoms with van der Waals surface area (Å²) in [6.45, 7) is 1.27. The summed E-state index contributed by atoms with van der Waals surface area (Å²) < 4.78 is 79.3. The second-order valence-electron chi connectivity index (χ2n) is 12.8. The lowest BCUT2D eigenvalue weighted by atomic mass is 9.56. The molecule has 8 nitrogen and oxygen atoms in total. The predicted molar refractivity (Wildman–Crippen MR) is 174 cm³/mol. The van der Waals surface area contributed by atoms with Gasteiger partial charge in [-0.15, -0.1) is 23.2 Å². The molecule has 2 aliphatic heterocycles. The zero-order chi connectivity index (χ0) is 36.7. The van der Waals surface area contributed by atoms with Crippen molar-refractivity contribution in [1.29, 1.82) is 0 Å². The van der Waals surface area contributed by atoms with Crippen LogP contribution < -0.4 is 14.5 Å². The van der Waals surface area contributed by atoms with Gasteiger partial charge >= 0.3 is 0 Å². The van der Waals surface area contributed by atoms with Crippen molar-refractivity contribution in [3.05, 3.63) is 100 Å². The molecule has 51 heavy (non-hydrogen) atoms. The summed E-state index contributed by atoms with van der Waals surface area (Å²) in [7, 11) is 0. The number of rotatable bonds is 7. The number of allylic oxidation sites excluding steroid dienone is 2. The molecule has 0 radical (unpaired) electrons. The van der Waals surface area contributed by atoms with Crippen LogP contribution in [0.1, 0.15) is 36.8 Å². The number of hydrogen-bond donors (Lipinski definition) is 1. The quantitative estimate of drug-likeness (QED) is 0.0785. The Morgan fingerprint density at radius 3 is 2.08 bits per heavy atom. The Morgan fingerprint density at radius 2 is 1.45 bits per heavy atom. The van der Waals surface area contributed by atoms with E-state index in [-0.39, 0.29) is 34.8 Å². The van der Waals surface area contributed by atoms with E-state index >= 15 is 8.78 Å². The number of aliphatic hydroxyl groups is 1. The number of para-hydroxylation sites is 1. The topological polar surface area (TPSA) is 104 Å². The van der Waals surface area contributed by atoms with E-state index < -0.39 is 105 Å². The van der Waals surface area contributed by atoms with E-state index in [0.29, 0.717) is 12.1 Å². The molecule has 4 amide bonds. The first kappa shape index (κ1) is 35.1. The maximum Gasteiger partial charge on any atom is 0.258 e. The van der Waals surface area contributed by atoms with Crippen molar-refractivity contribution >= 4 is 58.2 Å². The Labute approximate surface area is 297 Å². The van der Waals surface area contributed by atoms with E-state index in [9.17, 15) is 37.5 Å². The van der Waals surface area contributed by atoms with Gasteiger partial charge in [0.05, 0.1) is 24.1 Å². The molecule has 266 valence electrons. The van der Waals surface area contributed by atoms with E-state index in [2.05, 4.69) is 0 Å². The molecule has 15 heteroatoms. The second kappa shape index (κ2) is 12.4. The van der Waals surface area contributed by atoms with E-state index in [1.165, 1.54) is 18.2 Å². The lowest BCUT2D eigenvalue weighted by molar-refractivity contribution is -0.125. The van der Waals surface area contributed by atoms with Gasteiger partial charge in [-0.25, -0.2) is 26.9 Å². The van der Waals surface area contributed by atoms with Crippen molar-refractivity contribution < 1.29 is 51.0 Å². The number of alkyl halides is 2. The first-order valence-electron chi connectivity index (χ1n) is 16.0. The number of aryl methyl sites for hydroxylation is 1. The monoisotopic (exact) mass is 748 g/mol. The van der Waals surface area contributed by atoms with E-state index in [1.54, 1.807) is 36.4 Å². The number of amides is 4. The third kappa shape index (κ3) is 4.73. The highest BCUT2D eigenvalue weighted by molar-refractivity contribution is 6.58. The maximum atomic E-state index is 15.3. The van der Waals surface area contributed by atoms with E-state index in [0.717, 1.165) is 10.5 Å². The normalized spacial score (nSPS) is 28.5. The Morgan fingerprint density at radius 1 is 0.824 bits per heavy atom. The lowest BCUT2D eigenvalue weighted by Crippen LogP contribution is -2.60. The SMILES string of the molecule is CCc1ccc(N2C(=O)[C@H]3[C@H](CC=C4[C@H]3C[C@@]3(Cl)C(=O)N(c5c(F)c(F)c(F)c(F)c5F)C(=O)[C@@]3(Cl)[C@H]4c3ccccc3OCCO)C2=O)cc1. The molecule has 3 fully saturated rings. The molecule has 4 aliphatic rings. The van der Waals surface area contributed by atoms with Gasteiger partial charge in [-0.2, -0.15) is 0 Å². The maximum absolute atomic E-state index is 15.3. The van der Waals surface area contributed by atoms with Crippen LogP contribution in [-0.4, -0.2) is 51.7 Å². The number of hydrogen-bond acceptors (Lipinski definition) is 6. The van der Waals surface area contributed by atoms with Gasteiger partial charge in [-0.1, -0.05) is 48.9 Å². The number of imide groups is 2. The van der Waals surface area contributed by atoms with Crippen LogP contribution >= 0.6 is 23.2 Å². The fourth-order valence-electron chi connectivity index (χ4n) is 8.05. The largest absolute Gasteiger partial charge is 0.491 e. The minimum atomic E-state index is -2.69. The Bertz CT molecular complexity index is 2030. The molecule has 3 aromatic rings. The molecule has 2 saturated heterocycles. The van der Waals surface area contributed by atoms with Gasteiger partial charge in [0.1, 0.15) is 18.0 Å². The summed E-state index contributed by atoms with van der Waals surface area (Å²) in [6.07, 6.45) is 1.68. The van der Waals surface area contributed by atoms with Crippen LogP contribution in [0, 0.1) is 46.8 Å². The Balaban J connectivity index is 1.43. The molecule has 2 heterocycles. The number of aliphatic hydroxyl groups excluding tert-OH is 1. The number of carbonyl (C=O) groups excluding carboxylic acids is 4. The summed E-state index contributed by atoms with van der Waals surface area (Å²) in [6, 6.07) is 12.8. The highest BCUT2D eigenvalue weighted by Gasteiger charge is 2.77. The molecule has 6 atom stereocenters. The Kier molecular flexibility index (Phi) is 8.54. The summed E-state index contributed by atoms with van der Waals surface area (Å²) >= 11 is 14.4. The first-order valence-corrected chi connectivity index (χ1v) is 16.8. The van der Waals surface area contributed by atoms with Crippen LogP contribution in [0.4, 0.5) is 33.3 Å². The van der Waals surface area contributed by atoms with Crippen LogP contribution in [-0.2, 0) is 25.6 Å². The van der Waals surface area contributed by atoms with Gasteiger partial charge in [0, 0.05) is 11.5 Å². The molecule has 7 rings (SSSR count). The van der Waals surface area contributed by atoms with Gasteiger partial charge in [0.15, 0.2) is 33.0 Å². The van der Waals surface area contributed by atoms with Crippen molar-refractivity contribution in [3.63, 3.8) is 0 Å². The molecule has 1 saturated carbocycles. The zero-order valence-corrected chi connectivity index (χ0v) is 28.1. The average molecular weight is 750 g/mol. The third-order valence-electron chi connectivity index (χ3n) is 10.4. The molecule has 3 aromatic carbocycles. The molecule has 0 spiro atoms. The first-order chi connectivity index (χ1) is 24.2. The standard InChI is InChI=1S/C36H27Cl2F5N2O6/c1-2-16-7-9-17(10-8-16)44-31(47)20-12-11-18-21(23(20)32(44)48)15-35(37)33(49)45(30-28(42)26(40)25(39)27(41)29(30)43)34(50)36(35,38)24(18)19-5-3-4-6-22(19)51-14-13-46/h3-11,20-21,23-24,46H,2,12-15H2,1H3/t20-,21+,23-,24+,35+,36-/m0/s1. The number of halogens is 7. The minimum Gasteiger partial charge on any atom is -0.491 e. The number of ether oxygens (including phenoxy) is 1. The van der Waals surface area contributed by atoms with Gasteiger partial charge in [-0.3, -0.25) is 24.1 Å². The molecule has 0 unspecified atom stereocenters. The van der Waals surface area contributed by atoms with Gasteiger partial charge in [0.2, 0.25) is 17.6 Å². The van der Waals surface area contributed by atoms with Crippen molar-refractivity contribution in [2.75, 3.05) is 23.0 Å². The van der Waals surface area contributed by atoms with Crippen LogP contribution in [0.3, 0.4) is 0 Å². The summed E-state index contributed by atoms with van der Waals surface area (Å²) in [5.41, 5.74) is -0.188. The highest BCUT2D eigenvalue weighted by atomic mass is 35.5. The molecule has 2 aliphatic carbocycles. The fourth-order valence-corrected chi connectivity index (χ4v) is 8.98. The third-order valence-corrected chi connectivity index (χ3v) is 11.8. The number of fused-ring (bicyclic) bond motifs is 4. The van der Waals surface area contributed by atoms with E-state index in [4.69, 9.17) is 27.9 Å².